The Morgan fingerprint density at radius 1 is 0.840 bits per heavy atom. The molecule has 0 bridgehead atoms. The van der Waals surface area contributed by atoms with Crippen molar-refractivity contribution in [3.63, 3.8) is 0 Å². The van der Waals surface area contributed by atoms with Gasteiger partial charge in [0.2, 0.25) is 0 Å². The molecule has 9 heteroatoms. The predicted molar refractivity (Wildman–Crippen MR) is 111 cm³/mol. The SMILES string of the molecule is C[C@H](S[C@H](C)C(=O)NN=C1CCSCC1)C(=O)NN=C1CCSCC1. The van der Waals surface area contributed by atoms with Crippen LogP contribution in [0.1, 0.15) is 39.5 Å². The lowest BCUT2D eigenvalue weighted by Gasteiger charge is -2.17. The predicted octanol–water partition coefficient (Wildman–Crippen LogP) is 2.50. The third-order valence-corrected chi connectivity index (χ3v) is 7.15. The van der Waals surface area contributed by atoms with Gasteiger partial charge in [-0.1, -0.05) is 0 Å². The first-order chi connectivity index (χ1) is 12.1. The minimum absolute atomic E-state index is 0.161. The van der Waals surface area contributed by atoms with Crippen molar-refractivity contribution in [1.29, 1.82) is 0 Å². The lowest BCUT2D eigenvalue weighted by atomic mass is 10.2. The lowest BCUT2D eigenvalue weighted by molar-refractivity contribution is -0.120. The molecular formula is C16H26N4O2S3. The van der Waals surface area contributed by atoms with Crippen LogP contribution < -0.4 is 10.9 Å². The third kappa shape index (κ3) is 7.62. The number of rotatable bonds is 6. The smallest absolute Gasteiger partial charge is 0.252 e. The molecule has 140 valence electrons. The van der Waals surface area contributed by atoms with Crippen molar-refractivity contribution in [2.75, 3.05) is 23.0 Å². The summed E-state index contributed by atoms with van der Waals surface area (Å²) in [6.45, 7) is 3.59. The normalized spacial score (nSPS) is 20.4. The highest BCUT2D eigenvalue weighted by Gasteiger charge is 2.22. The highest BCUT2D eigenvalue weighted by Crippen LogP contribution is 2.19. The molecule has 0 saturated carbocycles. The molecule has 0 aromatic carbocycles. The summed E-state index contributed by atoms with van der Waals surface area (Å²) in [6, 6.07) is 0. The molecule has 0 spiro atoms. The molecule has 2 N–H and O–H groups in total. The van der Waals surface area contributed by atoms with E-state index >= 15 is 0 Å². The molecule has 2 amide bonds. The van der Waals surface area contributed by atoms with E-state index in [1.54, 1.807) is 13.8 Å². The van der Waals surface area contributed by atoms with Crippen molar-refractivity contribution in [1.82, 2.24) is 10.9 Å². The summed E-state index contributed by atoms with van der Waals surface area (Å²) >= 11 is 5.14. The van der Waals surface area contributed by atoms with E-state index in [4.69, 9.17) is 0 Å². The minimum atomic E-state index is -0.346. The second-order valence-electron chi connectivity index (χ2n) is 5.95. The average Bonchev–Trinajstić information content (AvgIpc) is 2.65. The van der Waals surface area contributed by atoms with E-state index in [0.717, 1.165) is 60.1 Å². The zero-order chi connectivity index (χ0) is 18.1. The van der Waals surface area contributed by atoms with E-state index in [1.807, 2.05) is 23.5 Å². The number of hydrogen-bond acceptors (Lipinski definition) is 7. The van der Waals surface area contributed by atoms with E-state index in [0.29, 0.717) is 0 Å². The van der Waals surface area contributed by atoms with Crippen LogP contribution in [0.25, 0.3) is 0 Å². The molecule has 2 aliphatic heterocycles. The maximum absolute atomic E-state index is 12.1. The van der Waals surface area contributed by atoms with Crippen LogP contribution in [0, 0.1) is 0 Å². The van der Waals surface area contributed by atoms with Crippen LogP contribution in [0.4, 0.5) is 0 Å². The summed E-state index contributed by atoms with van der Waals surface area (Å²) in [5.74, 6) is 3.95. The topological polar surface area (TPSA) is 82.9 Å². The Hall–Kier alpha value is -0.670. The highest BCUT2D eigenvalue weighted by atomic mass is 32.2. The van der Waals surface area contributed by atoms with Gasteiger partial charge in [-0.25, -0.2) is 10.9 Å². The van der Waals surface area contributed by atoms with Gasteiger partial charge in [0.25, 0.3) is 11.8 Å². The van der Waals surface area contributed by atoms with E-state index in [1.165, 1.54) is 11.8 Å². The number of carbonyl (C=O) groups excluding carboxylic acids is 2. The second-order valence-corrected chi connectivity index (χ2v) is 10.1. The number of nitrogens with zero attached hydrogens (tertiary/aromatic N) is 2. The van der Waals surface area contributed by atoms with Gasteiger partial charge in [0.1, 0.15) is 0 Å². The number of hydrazone groups is 2. The number of hydrogen-bond donors (Lipinski definition) is 2. The molecule has 2 fully saturated rings. The lowest BCUT2D eigenvalue weighted by Crippen LogP contribution is -2.34. The van der Waals surface area contributed by atoms with E-state index < -0.39 is 0 Å². The standard InChI is InChI=1S/C16H26N4O2S3/c1-11(15(21)19-17-13-3-7-23-8-4-13)25-12(2)16(22)20-18-14-5-9-24-10-6-14/h11-12H,3-10H2,1-2H3,(H,19,21)(H,20,22)/t11-,12+. The van der Waals surface area contributed by atoms with Crippen molar-refractivity contribution in [3.05, 3.63) is 0 Å². The molecule has 2 atom stereocenters. The van der Waals surface area contributed by atoms with Crippen LogP contribution in [-0.4, -0.2) is 56.7 Å². The molecule has 6 nitrogen and oxygen atoms in total. The molecule has 0 aromatic heterocycles. The van der Waals surface area contributed by atoms with E-state index in [9.17, 15) is 9.59 Å². The van der Waals surface area contributed by atoms with Crippen molar-refractivity contribution in [3.8, 4) is 0 Å². The average molecular weight is 403 g/mol. The fraction of sp³-hybridized carbons (Fsp3) is 0.750. The number of nitrogens with one attached hydrogen (secondary N) is 2. The Morgan fingerprint density at radius 3 is 1.56 bits per heavy atom. The molecule has 0 aliphatic carbocycles. The molecular weight excluding hydrogens is 376 g/mol. The van der Waals surface area contributed by atoms with Gasteiger partial charge in [0.05, 0.1) is 10.5 Å². The molecule has 0 aromatic rings. The monoisotopic (exact) mass is 402 g/mol. The van der Waals surface area contributed by atoms with Crippen LogP contribution in [-0.2, 0) is 9.59 Å². The van der Waals surface area contributed by atoms with Gasteiger partial charge in [-0.15, -0.1) is 11.8 Å². The molecule has 2 rings (SSSR count). The molecule has 2 heterocycles. The van der Waals surface area contributed by atoms with Gasteiger partial charge in [0, 0.05) is 11.4 Å². The Morgan fingerprint density at radius 2 is 1.20 bits per heavy atom. The Balaban J connectivity index is 1.72. The molecule has 2 saturated heterocycles. The zero-order valence-electron chi connectivity index (χ0n) is 14.7. The number of carbonyl (C=O) groups is 2. The quantitative estimate of drug-likeness (QED) is 0.667. The Kier molecular flexibility index (Phi) is 9.19. The highest BCUT2D eigenvalue weighted by molar-refractivity contribution is 8.01. The summed E-state index contributed by atoms with van der Waals surface area (Å²) in [7, 11) is 0. The second kappa shape index (κ2) is 11.1. The first-order valence-electron chi connectivity index (χ1n) is 8.58. The van der Waals surface area contributed by atoms with Crippen LogP contribution in [0.3, 0.4) is 0 Å². The first-order valence-corrected chi connectivity index (χ1v) is 11.8. The van der Waals surface area contributed by atoms with Crippen molar-refractivity contribution >= 4 is 58.5 Å². The van der Waals surface area contributed by atoms with Crippen LogP contribution in [0.15, 0.2) is 10.2 Å². The summed E-state index contributed by atoms with van der Waals surface area (Å²) in [6.07, 6.45) is 3.74. The van der Waals surface area contributed by atoms with Gasteiger partial charge in [-0.2, -0.15) is 33.7 Å². The Bertz CT molecular complexity index is 477. The fourth-order valence-corrected chi connectivity index (χ4v) is 5.21. The molecule has 25 heavy (non-hydrogen) atoms. The third-order valence-electron chi connectivity index (χ3n) is 3.94. The van der Waals surface area contributed by atoms with Crippen molar-refractivity contribution in [2.24, 2.45) is 10.2 Å². The van der Waals surface area contributed by atoms with Crippen molar-refractivity contribution in [2.45, 2.75) is 50.0 Å². The van der Waals surface area contributed by atoms with E-state index in [2.05, 4.69) is 21.1 Å². The maximum Gasteiger partial charge on any atom is 0.252 e. The van der Waals surface area contributed by atoms with Crippen LogP contribution in [0.5, 0.6) is 0 Å². The van der Waals surface area contributed by atoms with Gasteiger partial charge in [-0.05, 0) is 62.5 Å². The minimum Gasteiger partial charge on any atom is -0.272 e. The van der Waals surface area contributed by atoms with Crippen molar-refractivity contribution < 1.29 is 9.59 Å². The number of thioether (sulfide) groups is 3. The van der Waals surface area contributed by atoms with Gasteiger partial charge < -0.3 is 0 Å². The van der Waals surface area contributed by atoms with Gasteiger partial charge >= 0.3 is 0 Å². The summed E-state index contributed by atoms with van der Waals surface area (Å²) in [4.78, 5) is 24.3. The van der Waals surface area contributed by atoms with Gasteiger partial charge in [-0.3, -0.25) is 9.59 Å². The summed E-state index contributed by atoms with van der Waals surface area (Å²) < 4.78 is 0. The van der Waals surface area contributed by atoms with E-state index in [-0.39, 0.29) is 22.3 Å². The van der Waals surface area contributed by atoms with Gasteiger partial charge in [0.15, 0.2) is 0 Å². The number of amides is 2. The molecule has 2 aliphatic rings. The van der Waals surface area contributed by atoms with Crippen LogP contribution in [0.2, 0.25) is 0 Å². The summed E-state index contributed by atoms with van der Waals surface area (Å²) in [5, 5.41) is 7.75. The molecule has 0 unspecified atom stereocenters. The fourth-order valence-electron chi connectivity index (χ4n) is 2.32. The largest absolute Gasteiger partial charge is 0.272 e. The molecule has 0 radical (unpaired) electrons. The zero-order valence-corrected chi connectivity index (χ0v) is 17.2. The van der Waals surface area contributed by atoms with Crippen LogP contribution >= 0.6 is 35.3 Å². The first kappa shape index (κ1) is 20.6. The summed E-state index contributed by atoms with van der Waals surface area (Å²) in [5.41, 5.74) is 7.38. The maximum atomic E-state index is 12.1. The Labute approximate surface area is 162 Å².